The maximum Gasteiger partial charge on any atom is 0.307 e. The zero-order valence-electron chi connectivity index (χ0n) is 15.2. The molecule has 0 saturated carbocycles. The third-order valence-electron chi connectivity index (χ3n) is 4.44. The molecule has 8 heteroatoms. The first kappa shape index (κ1) is 18.1. The molecule has 2 heterocycles. The summed E-state index contributed by atoms with van der Waals surface area (Å²) >= 11 is 6.42. The third-order valence-corrected chi connectivity index (χ3v) is 4.75. The van der Waals surface area contributed by atoms with Gasteiger partial charge in [-0.05, 0) is 42.3 Å². The second-order valence-corrected chi connectivity index (χ2v) is 6.96. The van der Waals surface area contributed by atoms with E-state index in [0.717, 1.165) is 22.2 Å². The summed E-state index contributed by atoms with van der Waals surface area (Å²) in [5.41, 5.74) is 4.77. The second-order valence-electron chi connectivity index (χ2n) is 6.55. The molecule has 0 amide bonds. The molecular weight excluding hydrogens is 380 g/mol. The zero-order valence-corrected chi connectivity index (χ0v) is 16.0. The molecule has 0 spiro atoms. The lowest BCUT2D eigenvalue weighted by molar-refractivity contribution is -0.136. The highest BCUT2D eigenvalue weighted by atomic mass is 35.5. The van der Waals surface area contributed by atoms with Crippen LogP contribution in [0.3, 0.4) is 0 Å². The summed E-state index contributed by atoms with van der Waals surface area (Å²) in [6, 6.07) is 9.30. The summed E-state index contributed by atoms with van der Waals surface area (Å²) in [5, 5.41) is 13.8. The Morgan fingerprint density at radius 3 is 2.86 bits per heavy atom. The van der Waals surface area contributed by atoms with Gasteiger partial charge in [0.15, 0.2) is 0 Å². The quantitative estimate of drug-likeness (QED) is 0.523. The summed E-state index contributed by atoms with van der Waals surface area (Å²) < 4.78 is 7.52. The number of fused-ring (bicyclic) bond motifs is 1. The highest BCUT2D eigenvalue weighted by Gasteiger charge is 2.13. The predicted molar refractivity (Wildman–Crippen MR) is 106 cm³/mol. The summed E-state index contributed by atoms with van der Waals surface area (Å²) in [4.78, 5) is 18.6. The first-order valence-corrected chi connectivity index (χ1v) is 8.94. The first-order valence-electron chi connectivity index (χ1n) is 8.56. The lowest BCUT2D eigenvalue weighted by Gasteiger charge is -2.07. The van der Waals surface area contributed by atoms with E-state index in [9.17, 15) is 4.79 Å². The van der Waals surface area contributed by atoms with Crippen LogP contribution in [0.2, 0.25) is 5.02 Å². The molecule has 0 fully saturated rings. The van der Waals surface area contributed by atoms with Crippen LogP contribution >= 0.6 is 11.6 Å². The summed E-state index contributed by atoms with van der Waals surface area (Å²) in [6.07, 6.45) is 3.56. The van der Waals surface area contributed by atoms with Gasteiger partial charge in [0.25, 0.3) is 6.01 Å². The molecule has 28 heavy (non-hydrogen) atoms. The van der Waals surface area contributed by atoms with Crippen molar-refractivity contribution < 1.29 is 14.6 Å². The van der Waals surface area contributed by atoms with Crippen LogP contribution in [-0.4, -0.2) is 30.8 Å². The number of aliphatic carboxylic acids is 1. The molecule has 4 aromatic rings. The van der Waals surface area contributed by atoms with Crippen LogP contribution in [0.5, 0.6) is 11.8 Å². The molecule has 2 aromatic heterocycles. The van der Waals surface area contributed by atoms with Crippen LogP contribution in [-0.2, 0) is 18.3 Å². The van der Waals surface area contributed by atoms with Gasteiger partial charge in [-0.3, -0.25) is 9.48 Å². The number of aromatic nitrogens is 4. The van der Waals surface area contributed by atoms with Crippen LogP contribution in [0.4, 0.5) is 0 Å². The number of carboxylic acids is 1. The summed E-state index contributed by atoms with van der Waals surface area (Å²) in [7, 11) is 1.84. The van der Waals surface area contributed by atoms with Crippen molar-refractivity contribution in [3.05, 3.63) is 58.9 Å². The number of hydrogen-bond acceptors (Lipinski definition) is 4. The number of hydrogen-bond donors (Lipinski definition) is 2. The Morgan fingerprint density at radius 2 is 2.14 bits per heavy atom. The molecule has 142 valence electrons. The van der Waals surface area contributed by atoms with E-state index in [0.29, 0.717) is 27.9 Å². The number of halogens is 1. The normalized spacial score (nSPS) is 11.1. The number of ether oxygens (including phenoxy) is 1. The molecule has 0 unspecified atom stereocenters. The van der Waals surface area contributed by atoms with Crippen molar-refractivity contribution >= 4 is 28.6 Å². The number of imidazole rings is 1. The van der Waals surface area contributed by atoms with Gasteiger partial charge in [-0.1, -0.05) is 17.7 Å². The van der Waals surface area contributed by atoms with E-state index < -0.39 is 5.97 Å². The molecule has 0 aliphatic heterocycles. The largest absolute Gasteiger partial charge is 0.481 e. The number of carboxylic acid groups (broad SMARTS) is 1. The van der Waals surface area contributed by atoms with Gasteiger partial charge in [0.2, 0.25) is 0 Å². The Labute approximate surface area is 165 Å². The molecule has 2 aromatic carbocycles. The Morgan fingerprint density at radius 1 is 1.32 bits per heavy atom. The van der Waals surface area contributed by atoms with Crippen molar-refractivity contribution in [2.24, 2.45) is 7.05 Å². The Bertz CT molecular complexity index is 1200. The van der Waals surface area contributed by atoms with Crippen molar-refractivity contribution in [3.8, 4) is 22.9 Å². The Kier molecular flexibility index (Phi) is 4.52. The van der Waals surface area contributed by atoms with E-state index in [4.69, 9.17) is 21.4 Å². The van der Waals surface area contributed by atoms with Crippen LogP contribution < -0.4 is 4.74 Å². The highest BCUT2D eigenvalue weighted by molar-refractivity contribution is 6.34. The van der Waals surface area contributed by atoms with Gasteiger partial charge in [-0.15, -0.1) is 0 Å². The topological polar surface area (TPSA) is 93.0 Å². The minimum Gasteiger partial charge on any atom is -0.481 e. The summed E-state index contributed by atoms with van der Waals surface area (Å²) in [5.74, 6) is -0.374. The molecule has 0 aliphatic rings. The number of nitrogens with zero attached hydrogens (tertiary/aromatic N) is 3. The van der Waals surface area contributed by atoms with Crippen LogP contribution in [0, 0.1) is 6.92 Å². The zero-order chi connectivity index (χ0) is 19.8. The minimum absolute atomic E-state index is 0.0623. The maximum absolute atomic E-state index is 11.0. The van der Waals surface area contributed by atoms with E-state index in [-0.39, 0.29) is 6.42 Å². The van der Waals surface area contributed by atoms with Gasteiger partial charge in [0, 0.05) is 24.4 Å². The average molecular weight is 397 g/mol. The van der Waals surface area contributed by atoms with E-state index >= 15 is 0 Å². The van der Waals surface area contributed by atoms with E-state index in [1.807, 2.05) is 32.3 Å². The van der Waals surface area contributed by atoms with E-state index in [1.165, 1.54) is 0 Å². The van der Waals surface area contributed by atoms with Crippen LogP contribution in [0.25, 0.3) is 22.2 Å². The van der Waals surface area contributed by atoms with Crippen LogP contribution in [0.15, 0.2) is 42.7 Å². The monoisotopic (exact) mass is 396 g/mol. The second kappa shape index (κ2) is 7.01. The standard InChI is InChI=1S/C20H17ClN4O3/c1-11-3-4-14(5-12(11)6-19(26)27)28-20-23-17-7-15(13-9-22-25(2)10-13)16(21)8-18(17)24-20/h3-5,7-10H,6H2,1-2H3,(H,23,24)(H,26,27). The van der Waals surface area contributed by atoms with Crippen molar-refractivity contribution in [3.63, 3.8) is 0 Å². The van der Waals surface area contributed by atoms with Crippen LogP contribution in [0.1, 0.15) is 11.1 Å². The number of H-pyrrole nitrogens is 1. The van der Waals surface area contributed by atoms with Gasteiger partial charge in [-0.25, -0.2) is 0 Å². The van der Waals surface area contributed by atoms with Crippen molar-refractivity contribution in [2.75, 3.05) is 0 Å². The third kappa shape index (κ3) is 3.57. The van der Waals surface area contributed by atoms with E-state index in [1.54, 1.807) is 29.1 Å². The average Bonchev–Trinajstić information content (AvgIpc) is 3.22. The van der Waals surface area contributed by atoms with E-state index in [2.05, 4.69) is 15.1 Å². The molecule has 0 saturated heterocycles. The number of nitrogens with one attached hydrogen (secondary N) is 1. The van der Waals surface area contributed by atoms with Gasteiger partial charge < -0.3 is 14.8 Å². The molecular formula is C20H17ClN4O3. The molecule has 0 bridgehead atoms. The lowest BCUT2D eigenvalue weighted by atomic mass is 10.1. The minimum atomic E-state index is -0.887. The molecule has 0 atom stereocenters. The number of carbonyl (C=O) groups is 1. The number of rotatable bonds is 5. The fourth-order valence-electron chi connectivity index (χ4n) is 3.01. The fourth-order valence-corrected chi connectivity index (χ4v) is 3.29. The lowest BCUT2D eigenvalue weighted by Crippen LogP contribution is -2.02. The smallest absolute Gasteiger partial charge is 0.307 e. The molecule has 4 rings (SSSR count). The highest BCUT2D eigenvalue weighted by Crippen LogP contribution is 2.33. The first-order chi connectivity index (χ1) is 13.4. The molecule has 0 aliphatic carbocycles. The van der Waals surface area contributed by atoms with Gasteiger partial charge in [0.05, 0.1) is 28.7 Å². The predicted octanol–water partition coefficient (Wildman–Crippen LogP) is 4.34. The molecule has 7 nitrogen and oxygen atoms in total. The maximum atomic E-state index is 11.0. The molecule has 0 radical (unpaired) electrons. The number of benzene rings is 2. The van der Waals surface area contributed by atoms with Crippen molar-refractivity contribution in [1.29, 1.82) is 0 Å². The fraction of sp³-hybridized carbons (Fsp3) is 0.150. The van der Waals surface area contributed by atoms with Gasteiger partial charge >= 0.3 is 5.97 Å². The molecule has 2 N–H and O–H groups in total. The van der Waals surface area contributed by atoms with Crippen molar-refractivity contribution in [2.45, 2.75) is 13.3 Å². The number of aromatic amines is 1. The Balaban J connectivity index is 1.66. The number of aryl methyl sites for hydroxylation is 2. The van der Waals surface area contributed by atoms with Gasteiger partial charge in [0.1, 0.15) is 5.75 Å². The van der Waals surface area contributed by atoms with Gasteiger partial charge in [-0.2, -0.15) is 10.1 Å². The summed E-state index contributed by atoms with van der Waals surface area (Å²) in [6.45, 7) is 1.87. The SMILES string of the molecule is Cc1ccc(Oc2nc3cc(-c4cnn(C)c4)c(Cl)cc3[nH]2)cc1CC(=O)O. The van der Waals surface area contributed by atoms with Crippen molar-refractivity contribution in [1.82, 2.24) is 19.7 Å². The Hall–Kier alpha value is -3.32.